The number of rotatable bonds is 4. The standard InChI is InChI=1S/C14H15ClN4O2/c1-9-2-5-14(21)19(18-9)7-6-13(20)17-12-4-3-10(15)8-11(12)16/h2-5,8H,6-7,16H2,1H3,(H,17,20). The van der Waals surface area contributed by atoms with Crippen molar-refractivity contribution < 1.29 is 4.79 Å². The molecule has 0 fully saturated rings. The molecule has 0 radical (unpaired) electrons. The predicted molar refractivity (Wildman–Crippen MR) is 82.3 cm³/mol. The van der Waals surface area contributed by atoms with Gasteiger partial charge in [-0.3, -0.25) is 9.59 Å². The van der Waals surface area contributed by atoms with E-state index in [2.05, 4.69) is 10.4 Å². The minimum Gasteiger partial charge on any atom is -0.397 e. The first-order valence-corrected chi connectivity index (χ1v) is 6.73. The molecule has 0 saturated carbocycles. The van der Waals surface area contributed by atoms with E-state index in [0.29, 0.717) is 16.4 Å². The van der Waals surface area contributed by atoms with Gasteiger partial charge >= 0.3 is 0 Å². The first-order chi connectivity index (χ1) is 9.95. The van der Waals surface area contributed by atoms with Crippen molar-refractivity contribution in [2.45, 2.75) is 19.9 Å². The molecule has 0 bridgehead atoms. The van der Waals surface area contributed by atoms with Crippen LogP contribution in [-0.4, -0.2) is 15.7 Å². The molecule has 2 aromatic rings. The lowest BCUT2D eigenvalue weighted by atomic mass is 10.2. The Morgan fingerprint density at radius 2 is 2.14 bits per heavy atom. The molecular weight excluding hydrogens is 292 g/mol. The van der Waals surface area contributed by atoms with E-state index in [1.165, 1.54) is 10.7 Å². The van der Waals surface area contributed by atoms with Crippen LogP contribution in [0.25, 0.3) is 0 Å². The van der Waals surface area contributed by atoms with Gasteiger partial charge in [-0.05, 0) is 31.2 Å². The maximum absolute atomic E-state index is 11.9. The molecule has 1 aromatic heterocycles. The van der Waals surface area contributed by atoms with Crippen LogP contribution in [0.4, 0.5) is 11.4 Å². The fourth-order valence-corrected chi connectivity index (χ4v) is 1.96. The molecule has 0 spiro atoms. The third kappa shape index (κ3) is 4.06. The van der Waals surface area contributed by atoms with Crippen LogP contribution < -0.4 is 16.6 Å². The first kappa shape index (κ1) is 15.1. The van der Waals surface area contributed by atoms with E-state index in [1.807, 2.05) is 0 Å². The van der Waals surface area contributed by atoms with Crippen LogP contribution in [0.15, 0.2) is 35.1 Å². The van der Waals surface area contributed by atoms with Gasteiger partial charge in [0.1, 0.15) is 0 Å². The number of benzene rings is 1. The Bertz CT molecular complexity index is 727. The molecule has 0 atom stereocenters. The van der Waals surface area contributed by atoms with Crippen molar-refractivity contribution in [1.82, 2.24) is 9.78 Å². The zero-order valence-electron chi connectivity index (χ0n) is 11.5. The number of aromatic nitrogens is 2. The van der Waals surface area contributed by atoms with Crippen molar-refractivity contribution in [3.8, 4) is 0 Å². The topological polar surface area (TPSA) is 90.0 Å². The number of nitrogens with two attached hydrogens (primary N) is 1. The molecule has 3 N–H and O–H groups in total. The summed E-state index contributed by atoms with van der Waals surface area (Å²) in [5.41, 5.74) is 7.12. The number of amides is 1. The second kappa shape index (κ2) is 6.41. The maximum atomic E-state index is 11.9. The molecule has 0 saturated heterocycles. The Labute approximate surface area is 126 Å². The zero-order valence-corrected chi connectivity index (χ0v) is 12.2. The molecule has 110 valence electrons. The molecule has 21 heavy (non-hydrogen) atoms. The Morgan fingerprint density at radius 1 is 1.38 bits per heavy atom. The van der Waals surface area contributed by atoms with Gasteiger partial charge in [-0.25, -0.2) is 4.68 Å². The summed E-state index contributed by atoms with van der Waals surface area (Å²) in [5.74, 6) is -0.251. The van der Waals surface area contributed by atoms with Crippen LogP contribution in [0.3, 0.4) is 0 Å². The number of nitrogen functional groups attached to an aromatic ring is 1. The van der Waals surface area contributed by atoms with Crippen molar-refractivity contribution in [2.75, 3.05) is 11.1 Å². The van der Waals surface area contributed by atoms with Gasteiger partial charge in [-0.2, -0.15) is 5.10 Å². The summed E-state index contributed by atoms with van der Waals surface area (Å²) in [6, 6.07) is 7.89. The molecule has 1 amide bonds. The lowest BCUT2D eigenvalue weighted by Gasteiger charge is -2.09. The summed E-state index contributed by atoms with van der Waals surface area (Å²) in [7, 11) is 0. The van der Waals surface area contributed by atoms with Gasteiger partial charge in [0.15, 0.2) is 0 Å². The van der Waals surface area contributed by atoms with Crippen LogP contribution >= 0.6 is 11.6 Å². The normalized spacial score (nSPS) is 10.4. The van der Waals surface area contributed by atoms with Crippen LogP contribution in [-0.2, 0) is 11.3 Å². The number of carbonyl (C=O) groups excluding carboxylic acids is 1. The number of nitrogens with one attached hydrogen (secondary N) is 1. The smallest absolute Gasteiger partial charge is 0.266 e. The third-order valence-electron chi connectivity index (χ3n) is 2.84. The van der Waals surface area contributed by atoms with E-state index < -0.39 is 0 Å². The van der Waals surface area contributed by atoms with Crippen LogP contribution in [0.5, 0.6) is 0 Å². The molecule has 0 aliphatic carbocycles. The van der Waals surface area contributed by atoms with E-state index in [1.54, 1.807) is 31.2 Å². The van der Waals surface area contributed by atoms with E-state index in [4.69, 9.17) is 17.3 Å². The van der Waals surface area contributed by atoms with Gasteiger partial charge in [0.2, 0.25) is 5.91 Å². The molecule has 1 aromatic carbocycles. The quantitative estimate of drug-likeness (QED) is 0.843. The van der Waals surface area contributed by atoms with E-state index in [-0.39, 0.29) is 24.4 Å². The summed E-state index contributed by atoms with van der Waals surface area (Å²) in [6.45, 7) is 1.99. The summed E-state index contributed by atoms with van der Waals surface area (Å²) in [4.78, 5) is 23.4. The van der Waals surface area contributed by atoms with Crippen molar-refractivity contribution in [3.05, 3.63) is 51.4 Å². The van der Waals surface area contributed by atoms with Gasteiger partial charge in [-0.1, -0.05) is 11.6 Å². The highest BCUT2D eigenvalue weighted by Gasteiger charge is 2.07. The summed E-state index contributed by atoms with van der Waals surface area (Å²) in [5, 5.41) is 7.24. The number of halogens is 1. The van der Waals surface area contributed by atoms with Crippen molar-refractivity contribution in [1.29, 1.82) is 0 Å². The second-order valence-corrected chi connectivity index (χ2v) is 5.00. The number of anilines is 2. The number of nitrogens with zero attached hydrogens (tertiary/aromatic N) is 2. The highest BCUT2D eigenvalue weighted by molar-refractivity contribution is 6.31. The summed E-state index contributed by atoms with van der Waals surface area (Å²) < 4.78 is 1.26. The molecule has 7 heteroatoms. The minimum absolute atomic E-state index is 0.123. The molecule has 0 aliphatic heterocycles. The predicted octanol–water partition coefficient (Wildman–Crippen LogP) is 1.82. The fourth-order valence-electron chi connectivity index (χ4n) is 1.78. The van der Waals surface area contributed by atoms with Crippen molar-refractivity contribution >= 4 is 28.9 Å². The van der Waals surface area contributed by atoms with E-state index in [0.717, 1.165) is 5.69 Å². The van der Waals surface area contributed by atoms with Gasteiger partial charge in [0.05, 0.1) is 23.6 Å². The Hall–Kier alpha value is -2.34. The monoisotopic (exact) mass is 306 g/mol. The number of aryl methyl sites for hydroxylation is 2. The van der Waals surface area contributed by atoms with Gasteiger partial charge in [0.25, 0.3) is 5.56 Å². The molecular formula is C14H15ClN4O2. The number of hydrogen-bond acceptors (Lipinski definition) is 4. The van der Waals surface area contributed by atoms with Gasteiger partial charge < -0.3 is 11.1 Å². The van der Waals surface area contributed by atoms with Crippen LogP contribution in [0.2, 0.25) is 5.02 Å². The molecule has 0 unspecified atom stereocenters. The zero-order chi connectivity index (χ0) is 15.4. The van der Waals surface area contributed by atoms with Crippen LogP contribution in [0, 0.1) is 6.92 Å². The molecule has 2 rings (SSSR count). The molecule has 0 aliphatic rings. The molecule has 1 heterocycles. The highest BCUT2D eigenvalue weighted by Crippen LogP contribution is 2.22. The lowest BCUT2D eigenvalue weighted by Crippen LogP contribution is -2.25. The average molecular weight is 307 g/mol. The van der Waals surface area contributed by atoms with E-state index in [9.17, 15) is 9.59 Å². The lowest BCUT2D eigenvalue weighted by molar-refractivity contribution is -0.116. The minimum atomic E-state index is -0.251. The Morgan fingerprint density at radius 3 is 2.86 bits per heavy atom. The maximum Gasteiger partial charge on any atom is 0.266 e. The highest BCUT2D eigenvalue weighted by atomic mass is 35.5. The summed E-state index contributed by atoms with van der Waals surface area (Å²) >= 11 is 5.79. The second-order valence-electron chi connectivity index (χ2n) is 4.57. The first-order valence-electron chi connectivity index (χ1n) is 6.35. The average Bonchev–Trinajstić information content (AvgIpc) is 2.43. The SMILES string of the molecule is Cc1ccc(=O)n(CCC(=O)Nc2ccc(Cl)cc2N)n1. The number of carbonyl (C=O) groups is 1. The third-order valence-corrected chi connectivity index (χ3v) is 3.07. The van der Waals surface area contributed by atoms with Crippen molar-refractivity contribution in [2.24, 2.45) is 0 Å². The Balaban J connectivity index is 1.99. The molecule has 6 nitrogen and oxygen atoms in total. The van der Waals surface area contributed by atoms with E-state index >= 15 is 0 Å². The van der Waals surface area contributed by atoms with Gasteiger partial charge in [-0.15, -0.1) is 0 Å². The van der Waals surface area contributed by atoms with Crippen LogP contribution in [0.1, 0.15) is 12.1 Å². The fraction of sp³-hybridized carbons (Fsp3) is 0.214. The number of hydrogen-bond donors (Lipinski definition) is 2. The van der Waals surface area contributed by atoms with Gasteiger partial charge in [0, 0.05) is 17.5 Å². The van der Waals surface area contributed by atoms with Crippen molar-refractivity contribution in [3.63, 3.8) is 0 Å². The Kier molecular flexibility index (Phi) is 4.59. The summed E-state index contributed by atoms with van der Waals surface area (Å²) in [6.07, 6.45) is 0.123. The largest absolute Gasteiger partial charge is 0.397 e.